The van der Waals surface area contributed by atoms with Crippen molar-refractivity contribution in [2.24, 2.45) is 0 Å². The Labute approximate surface area is 99.9 Å². The van der Waals surface area contributed by atoms with Crippen molar-refractivity contribution in [2.45, 2.75) is 26.7 Å². The Morgan fingerprint density at radius 3 is 1.53 bits per heavy atom. The van der Waals surface area contributed by atoms with Gasteiger partial charge in [-0.3, -0.25) is 0 Å². The van der Waals surface area contributed by atoms with Gasteiger partial charge in [-0.15, -0.1) is 0 Å². The van der Waals surface area contributed by atoms with Crippen LogP contribution in [0.1, 0.15) is 26.7 Å². The average Bonchev–Trinajstić information content (AvgIpc) is 2.33. The van der Waals surface area contributed by atoms with Crippen molar-refractivity contribution < 1.29 is 33.3 Å². The molecule has 0 fully saturated rings. The monoisotopic (exact) mass is 250 g/mol. The molecule has 0 saturated heterocycles. The third-order valence-corrected chi connectivity index (χ3v) is 1.37. The van der Waals surface area contributed by atoms with Gasteiger partial charge in [0.05, 0.1) is 13.2 Å². The van der Waals surface area contributed by atoms with Crippen LogP contribution < -0.4 is 0 Å². The van der Waals surface area contributed by atoms with Gasteiger partial charge in [-0.2, -0.15) is 0 Å². The molecule has 0 heterocycles. The van der Waals surface area contributed by atoms with E-state index in [2.05, 4.69) is 23.7 Å². The zero-order chi connectivity index (χ0) is 12.9. The number of ether oxygens (including phenoxy) is 5. The fraction of sp³-hybridized carbons (Fsp3) is 0.800. The molecule has 0 aromatic rings. The van der Waals surface area contributed by atoms with Crippen molar-refractivity contribution in [3.05, 3.63) is 0 Å². The highest BCUT2D eigenvalue weighted by Crippen LogP contribution is 1.91. The molecule has 0 aliphatic rings. The fourth-order valence-electron chi connectivity index (χ4n) is 0.668. The van der Waals surface area contributed by atoms with Crippen molar-refractivity contribution in [2.75, 3.05) is 26.8 Å². The van der Waals surface area contributed by atoms with Gasteiger partial charge in [0.15, 0.2) is 13.6 Å². The lowest BCUT2D eigenvalue weighted by molar-refractivity contribution is -0.108. The van der Waals surface area contributed by atoms with Crippen LogP contribution in [0.4, 0.5) is 9.59 Å². The first-order chi connectivity index (χ1) is 8.20. The van der Waals surface area contributed by atoms with Crippen molar-refractivity contribution in [1.29, 1.82) is 0 Å². The lowest BCUT2D eigenvalue weighted by atomic mass is 10.5. The van der Waals surface area contributed by atoms with E-state index in [-0.39, 0.29) is 13.6 Å². The van der Waals surface area contributed by atoms with Crippen molar-refractivity contribution in [3.63, 3.8) is 0 Å². The topological polar surface area (TPSA) is 80.3 Å². The Bertz CT molecular complexity index is 195. The third-order valence-electron chi connectivity index (χ3n) is 1.37. The Kier molecular flexibility index (Phi) is 10.0. The van der Waals surface area contributed by atoms with E-state index < -0.39 is 12.3 Å². The minimum absolute atomic E-state index is 0.290. The number of carbonyl (C=O) groups is 2. The molecule has 0 unspecified atom stereocenters. The molecule has 0 amide bonds. The highest BCUT2D eigenvalue weighted by Gasteiger charge is 2.04. The Hall–Kier alpha value is -1.50. The Morgan fingerprint density at radius 2 is 1.18 bits per heavy atom. The van der Waals surface area contributed by atoms with Gasteiger partial charge in [-0.05, 0) is 12.8 Å². The third kappa shape index (κ3) is 10.8. The molecule has 17 heavy (non-hydrogen) atoms. The first-order valence-electron chi connectivity index (χ1n) is 5.37. The molecule has 0 radical (unpaired) electrons. The Morgan fingerprint density at radius 1 is 0.765 bits per heavy atom. The smallest absolute Gasteiger partial charge is 0.434 e. The molecule has 100 valence electrons. The molecular formula is C10H18O7. The highest BCUT2D eigenvalue weighted by molar-refractivity contribution is 5.60. The second kappa shape index (κ2) is 11.0. The van der Waals surface area contributed by atoms with Crippen LogP contribution in [0.3, 0.4) is 0 Å². The molecule has 0 aliphatic carbocycles. The minimum Gasteiger partial charge on any atom is -0.434 e. The first-order valence-corrected chi connectivity index (χ1v) is 5.37. The summed E-state index contributed by atoms with van der Waals surface area (Å²) in [6.07, 6.45) is -0.217. The predicted molar refractivity (Wildman–Crippen MR) is 56.3 cm³/mol. The quantitative estimate of drug-likeness (QED) is 0.370. The number of hydrogen-bond donors (Lipinski definition) is 0. The second-order valence-corrected chi connectivity index (χ2v) is 2.93. The standard InChI is InChI=1S/C10H18O7/c1-3-5-14-9(11)16-7-13-8-17-10(12)15-6-4-2/h3-8H2,1-2H3. The van der Waals surface area contributed by atoms with Gasteiger partial charge in [0.1, 0.15) is 0 Å². The van der Waals surface area contributed by atoms with E-state index in [1.54, 1.807) is 0 Å². The first kappa shape index (κ1) is 15.5. The molecule has 0 aromatic heterocycles. The van der Waals surface area contributed by atoms with Gasteiger partial charge in [0.25, 0.3) is 0 Å². The van der Waals surface area contributed by atoms with Crippen LogP contribution >= 0.6 is 0 Å². The van der Waals surface area contributed by atoms with Gasteiger partial charge in [0, 0.05) is 0 Å². The molecule has 0 saturated carbocycles. The minimum atomic E-state index is -0.819. The summed E-state index contributed by atoms with van der Waals surface area (Å²) in [7, 11) is 0. The van der Waals surface area contributed by atoms with Crippen LogP contribution in [0.5, 0.6) is 0 Å². The summed E-state index contributed by atoms with van der Waals surface area (Å²) < 4.78 is 22.9. The number of rotatable bonds is 8. The molecule has 0 bridgehead atoms. The summed E-state index contributed by atoms with van der Waals surface area (Å²) in [5.41, 5.74) is 0. The molecule has 0 atom stereocenters. The van der Waals surface area contributed by atoms with E-state index in [0.29, 0.717) is 26.1 Å². The molecule has 0 aliphatic heterocycles. The van der Waals surface area contributed by atoms with Crippen LogP contribution in [0.15, 0.2) is 0 Å². The van der Waals surface area contributed by atoms with Gasteiger partial charge < -0.3 is 23.7 Å². The molecule has 0 aromatic carbocycles. The number of carbonyl (C=O) groups excluding carboxylic acids is 2. The summed E-state index contributed by atoms with van der Waals surface area (Å²) in [6, 6.07) is 0. The highest BCUT2D eigenvalue weighted by atomic mass is 16.8. The zero-order valence-electron chi connectivity index (χ0n) is 10.1. The van der Waals surface area contributed by atoms with Gasteiger partial charge in [0.2, 0.25) is 0 Å². The largest absolute Gasteiger partial charge is 0.510 e. The fourth-order valence-corrected chi connectivity index (χ4v) is 0.668. The van der Waals surface area contributed by atoms with E-state index in [1.807, 2.05) is 13.8 Å². The predicted octanol–water partition coefficient (Wildman–Crippen LogP) is 2.04. The maximum absolute atomic E-state index is 10.8. The maximum atomic E-state index is 10.8. The molecule has 0 spiro atoms. The SMILES string of the molecule is CCCOC(=O)OCOCOC(=O)OCCC. The Balaban J connectivity index is 3.28. The van der Waals surface area contributed by atoms with Crippen LogP contribution in [0.2, 0.25) is 0 Å². The normalized spacial score (nSPS) is 9.53. The van der Waals surface area contributed by atoms with E-state index in [1.165, 1.54) is 0 Å². The maximum Gasteiger partial charge on any atom is 0.510 e. The summed E-state index contributed by atoms with van der Waals surface area (Å²) in [6.45, 7) is 3.61. The van der Waals surface area contributed by atoms with Crippen LogP contribution in [0.25, 0.3) is 0 Å². The average molecular weight is 250 g/mol. The van der Waals surface area contributed by atoms with Crippen LogP contribution in [-0.4, -0.2) is 39.1 Å². The summed E-state index contributed by atoms with van der Waals surface area (Å²) >= 11 is 0. The molecular weight excluding hydrogens is 232 g/mol. The lowest BCUT2D eigenvalue weighted by Crippen LogP contribution is -2.15. The molecule has 0 N–H and O–H groups in total. The summed E-state index contributed by atoms with van der Waals surface area (Å²) in [5, 5.41) is 0. The summed E-state index contributed by atoms with van der Waals surface area (Å²) in [5.74, 6) is 0. The molecule has 0 rings (SSSR count). The second-order valence-electron chi connectivity index (χ2n) is 2.93. The van der Waals surface area contributed by atoms with Crippen LogP contribution in [-0.2, 0) is 23.7 Å². The van der Waals surface area contributed by atoms with Crippen LogP contribution in [0, 0.1) is 0 Å². The number of hydrogen-bond acceptors (Lipinski definition) is 7. The zero-order valence-corrected chi connectivity index (χ0v) is 10.1. The summed E-state index contributed by atoms with van der Waals surface area (Å²) in [4.78, 5) is 21.6. The van der Waals surface area contributed by atoms with E-state index in [0.717, 1.165) is 0 Å². The van der Waals surface area contributed by atoms with Gasteiger partial charge in [-0.1, -0.05) is 13.8 Å². The van der Waals surface area contributed by atoms with Gasteiger partial charge in [-0.25, -0.2) is 9.59 Å². The van der Waals surface area contributed by atoms with E-state index in [9.17, 15) is 9.59 Å². The van der Waals surface area contributed by atoms with E-state index >= 15 is 0 Å². The molecule has 7 heteroatoms. The lowest BCUT2D eigenvalue weighted by Gasteiger charge is -2.07. The van der Waals surface area contributed by atoms with Crippen molar-refractivity contribution in [3.8, 4) is 0 Å². The van der Waals surface area contributed by atoms with Gasteiger partial charge >= 0.3 is 12.3 Å². The molecule has 7 nitrogen and oxygen atoms in total. The van der Waals surface area contributed by atoms with Crippen molar-refractivity contribution >= 4 is 12.3 Å². The van der Waals surface area contributed by atoms with E-state index in [4.69, 9.17) is 0 Å². The van der Waals surface area contributed by atoms with Crippen molar-refractivity contribution in [1.82, 2.24) is 0 Å².